The number of carbonyl (C=O) groups excluding carboxylic acids is 1. The first-order chi connectivity index (χ1) is 16.6. The number of rotatable bonds is 4. The molecule has 1 fully saturated rings. The third kappa shape index (κ3) is 3.38. The van der Waals surface area contributed by atoms with E-state index in [1.807, 2.05) is 54.6 Å². The molecule has 0 radical (unpaired) electrons. The molecule has 3 N–H and O–H groups in total. The highest BCUT2D eigenvalue weighted by Gasteiger charge is 2.31. The van der Waals surface area contributed by atoms with E-state index in [9.17, 15) is 4.79 Å². The summed E-state index contributed by atoms with van der Waals surface area (Å²) in [5.41, 5.74) is 10.3. The Hall–Kier alpha value is -3.91. The van der Waals surface area contributed by atoms with Crippen molar-refractivity contribution in [2.75, 3.05) is 37.5 Å². The van der Waals surface area contributed by atoms with E-state index in [1.54, 1.807) is 6.20 Å². The van der Waals surface area contributed by atoms with Gasteiger partial charge in [0.15, 0.2) is 0 Å². The van der Waals surface area contributed by atoms with Crippen molar-refractivity contribution in [2.24, 2.45) is 0 Å². The van der Waals surface area contributed by atoms with Crippen LogP contribution in [-0.4, -0.2) is 52.9 Å². The maximum absolute atomic E-state index is 13.2. The van der Waals surface area contributed by atoms with Crippen molar-refractivity contribution >= 4 is 28.3 Å². The number of aromatic amines is 1. The fraction of sp³-hybridized carbons (Fsp3) is 0.269. The van der Waals surface area contributed by atoms with Crippen molar-refractivity contribution in [3.05, 3.63) is 71.8 Å². The number of carbonyl (C=O) groups is 1. The average Bonchev–Trinajstić information content (AvgIpc) is 3.62. The number of aromatic nitrogens is 3. The Balaban J connectivity index is 1.40. The Morgan fingerprint density at radius 2 is 1.91 bits per heavy atom. The van der Waals surface area contributed by atoms with Gasteiger partial charge in [0.2, 0.25) is 0 Å². The number of hydrogen-bond acceptors (Lipinski definition) is 6. The Labute approximate surface area is 198 Å². The maximum Gasteiger partial charge on any atom is 0.254 e. The predicted molar refractivity (Wildman–Crippen MR) is 134 cm³/mol. The number of pyridine rings is 2. The Bertz CT molecular complexity index is 1390. The van der Waals surface area contributed by atoms with Gasteiger partial charge in [0.05, 0.1) is 11.7 Å². The molecule has 172 valence electrons. The first-order valence-corrected chi connectivity index (χ1v) is 11.7. The predicted octanol–water partition coefficient (Wildman–Crippen LogP) is 3.95. The minimum Gasteiger partial charge on any atom is -0.387 e. The van der Waals surface area contributed by atoms with E-state index < -0.39 is 0 Å². The molecule has 8 nitrogen and oxygen atoms in total. The van der Waals surface area contributed by atoms with Crippen molar-refractivity contribution in [3.8, 4) is 11.1 Å². The summed E-state index contributed by atoms with van der Waals surface area (Å²) in [5.74, 6) is 1.00. The second-order valence-corrected chi connectivity index (χ2v) is 8.96. The molecule has 0 saturated carbocycles. The monoisotopic (exact) mass is 453 g/mol. The highest BCUT2D eigenvalue weighted by molar-refractivity contribution is 6.06. The van der Waals surface area contributed by atoms with Gasteiger partial charge in [0, 0.05) is 84.6 Å². The zero-order valence-corrected chi connectivity index (χ0v) is 19.3. The molecular weight excluding hydrogens is 426 g/mol. The van der Waals surface area contributed by atoms with Crippen molar-refractivity contribution in [2.45, 2.75) is 18.9 Å². The largest absolute Gasteiger partial charge is 0.387 e. The topological polar surface area (TPSA) is 89.2 Å². The lowest BCUT2D eigenvalue weighted by molar-refractivity contribution is 0.0795. The summed E-state index contributed by atoms with van der Waals surface area (Å²) in [6.07, 6.45) is 7.70. The molecule has 0 aliphatic carbocycles. The number of H-pyrrole nitrogens is 1. The number of nitrogens with one attached hydrogen (secondary N) is 3. The minimum absolute atomic E-state index is 0.102. The van der Waals surface area contributed by atoms with Gasteiger partial charge in [-0.3, -0.25) is 14.8 Å². The van der Waals surface area contributed by atoms with E-state index >= 15 is 0 Å². The summed E-state index contributed by atoms with van der Waals surface area (Å²) in [5, 5.41) is 6.05. The molecular formula is C26H27N7O. The number of benzene rings is 1. The van der Waals surface area contributed by atoms with Crippen LogP contribution >= 0.6 is 0 Å². The zero-order chi connectivity index (χ0) is 23.2. The first kappa shape index (κ1) is 20.7. The number of nitrogens with zero attached hydrogens (tertiary/aromatic N) is 4. The van der Waals surface area contributed by atoms with Crippen LogP contribution in [0.25, 0.3) is 22.0 Å². The van der Waals surface area contributed by atoms with Crippen LogP contribution in [0.5, 0.6) is 0 Å². The standard InChI is InChI=1S/C26H27N7O/c1-27-18-10-16(13-28-15-18)17-11-21-24(31-32(2)25(21)29-14-17)23-12-20-19(6-5-7-22(20)30-23)26(34)33-8-3-4-9-33/h5-7,10-15,24,27,30-31H,3-4,8-9H2,1-2H3. The summed E-state index contributed by atoms with van der Waals surface area (Å²) >= 11 is 0. The summed E-state index contributed by atoms with van der Waals surface area (Å²) in [4.78, 5) is 27.8. The van der Waals surface area contributed by atoms with Gasteiger partial charge in [-0.05, 0) is 43.2 Å². The van der Waals surface area contributed by atoms with Crippen LogP contribution in [0, 0.1) is 0 Å². The van der Waals surface area contributed by atoms with E-state index in [0.717, 1.165) is 76.3 Å². The normalized spacial score (nSPS) is 17.4. The molecule has 0 spiro atoms. The fourth-order valence-electron chi connectivity index (χ4n) is 5.03. The number of likely N-dealkylation sites (tertiary alicyclic amines) is 1. The van der Waals surface area contributed by atoms with Crippen LogP contribution in [0.4, 0.5) is 11.5 Å². The fourth-order valence-corrected chi connectivity index (χ4v) is 5.03. The van der Waals surface area contributed by atoms with Crippen LogP contribution < -0.4 is 15.8 Å². The smallest absolute Gasteiger partial charge is 0.254 e. The molecule has 5 heterocycles. The summed E-state index contributed by atoms with van der Waals surface area (Å²) in [6, 6.07) is 12.2. The molecule has 2 aliphatic rings. The van der Waals surface area contributed by atoms with Gasteiger partial charge in [0.25, 0.3) is 5.91 Å². The molecule has 1 atom stereocenters. The summed E-state index contributed by atoms with van der Waals surface area (Å²) in [6.45, 7) is 1.68. The van der Waals surface area contributed by atoms with Crippen LogP contribution in [0.1, 0.15) is 40.5 Å². The van der Waals surface area contributed by atoms with Gasteiger partial charge >= 0.3 is 0 Å². The van der Waals surface area contributed by atoms with Gasteiger partial charge in [-0.15, -0.1) is 0 Å². The van der Waals surface area contributed by atoms with Gasteiger partial charge in [-0.1, -0.05) is 6.07 Å². The van der Waals surface area contributed by atoms with Crippen molar-refractivity contribution < 1.29 is 4.79 Å². The second kappa shape index (κ2) is 8.14. The highest BCUT2D eigenvalue weighted by Crippen LogP contribution is 2.38. The van der Waals surface area contributed by atoms with E-state index in [4.69, 9.17) is 4.98 Å². The SMILES string of the molecule is CNc1cncc(-c2cnc3c(c2)C(c2cc4c(C(=O)N5CCCC5)cccc4[nH]2)NN3C)c1. The van der Waals surface area contributed by atoms with Gasteiger partial charge in [0.1, 0.15) is 5.82 Å². The summed E-state index contributed by atoms with van der Waals surface area (Å²) in [7, 11) is 3.86. The molecule has 3 aromatic heterocycles. The van der Waals surface area contributed by atoms with E-state index in [0.29, 0.717) is 0 Å². The molecule has 1 amide bonds. The number of hydrazine groups is 1. The third-order valence-electron chi connectivity index (χ3n) is 6.83. The Morgan fingerprint density at radius 3 is 2.74 bits per heavy atom. The third-order valence-corrected chi connectivity index (χ3v) is 6.83. The van der Waals surface area contributed by atoms with Crippen LogP contribution in [0.15, 0.2) is 55.0 Å². The van der Waals surface area contributed by atoms with Crippen LogP contribution in [0.3, 0.4) is 0 Å². The molecule has 1 unspecified atom stereocenters. The molecule has 4 aromatic rings. The van der Waals surface area contributed by atoms with Gasteiger partial charge < -0.3 is 15.2 Å². The number of hydrogen-bond donors (Lipinski definition) is 3. The highest BCUT2D eigenvalue weighted by atomic mass is 16.2. The lowest BCUT2D eigenvalue weighted by Gasteiger charge is -2.15. The number of anilines is 2. The van der Waals surface area contributed by atoms with Gasteiger partial charge in [-0.25, -0.2) is 10.4 Å². The second-order valence-electron chi connectivity index (χ2n) is 8.96. The molecule has 2 aliphatic heterocycles. The quantitative estimate of drug-likeness (QED) is 0.434. The molecule has 0 bridgehead atoms. The van der Waals surface area contributed by atoms with Crippen molar-refractivity contribution in [1.29, 1.82) is 0 Å². The Kier molecular flexibility index (Phi) is 4.95. The Morgan fingerprint density at radius 1 is 1.09 bits per heavy atom. The zero-order valence-electron chi connectivity index (χ0n) is 19.3. The molecule has 1 aromatic carbocycles. The molecule has 1 saturated heterocycles. The van der Waals surface area contributed by atoms with E-state index in [1.165, 1.54) is 0 Å². The summed E-state index contributed by atoms with van der Waals surface area (Å²) < 4.78 is 0. The molecule has 34 heavy (non-hydrogen) atoms. The first-order valence-electron chi connectivity index (χ1n) is 11.7. The molecule has 8 heteroatoms. The van der Waals surface area contributed by atoms with E-state index in [2.05, 4.69) is 38.9 Å². The average molecular weight is 454 g/mol. The van der Waals surface area contributed by atoms with Crippen LogP contribution in [0.2, 0.25) is 0 Å². The number of fused-ring (bicyclic) bond motifs is 2. The van der Waals surface area contributed by atoms with Gasteiger partial charge in [-0.2, -0.15) is 0 Å². The van der Waals surface area contributed by atoms with E-state index in [-0.39, 0.29) is 11.9 Å². The lowest BCUT2D eigenvalue weighted by atomic mass is 10.0. The van der Waals surface area contributed by atoms with Crippen molar-refractivity contribution in [1.82, 2.24) is 25.3 Å². The number of amides is 1. The minimum atomic E-state index is -0.102. The molecule has 6 rings (SSSR count). The van der Waals surface area contributed by atoms with Crippen molar-refractivity contribution in [3.63, 3.8) is 0 Å². The van der Waals surface area contributed by atoms with Crippen LogP contribution in [-0.2, 0) is 0 Å². The lowest BCUT2D eigenvalue weighted by Crippen LogP contribution is -2.31. The maximum atomic E-state index is 13.2.